The SMILES string of the molecule is O=C(O)C1CNCC(COc2c(F)cccc2F)C1. The van der Waals surface area contributed by atoms with Gasteiger partial charge in [-0.2, -0.15) is 0 Å². The van der Waals surface area contributed by atoms with E-state index in [2.05, 4.69) is 5.32 Å². The number of aliphatic carboxylic acids is 1. The molecule has 2 atom stereocenters. The van der Waals surface area contributed by atoms with Crippen LogP contribution in [0.15, 0.2) is 18.2 Å². The zero-order valence-corrected chi connectivity index (χ0v) is 10.2. The number of halogens is 2. The average Bonchev–Trinajstić information content (AvgIpc) is 2.38. The van der Waals surface area contributed by atoms with Crippen molar-refractivity contribution in [3.8, 4) is 5.75 Å². The molecule has 1 fully saturated rings. The largest absolute Gasteiger partial charge is 0.487 e. The van der Waals surface area contributed by atoms with E-state index in [1.165, 1.54) is 6.07 Å². The first-order chi connectivity index (χ1) is 9.08. The van der Waals surface area contributed by atoms with E-state index >= 15 is 0 Å². The smallest absolute Gasteiger partial charge is 0.307 e. The van der Waals surface area contributed by atoms with E-state index in [0.29, 0.717) is 19.5 Å². The maximum atomic E-state index is 13.3. The Morgan fingerprint density at radius 3 is 2.68 bits per heavy atom. The third-order valence-electron chi connectivity index (χ3n) is 3.17. The number of para-hydroxylation sites is 1. The Hall–Kier alpha value is -1.69. The van der Waals surface area contributed by atoms with E-state index in [0.717, 1.165) is 12.1 Å². The second-order valence-corrected chi connectivity index (χ2v) is 4.66. The highest BCUT2D eigenvalue weighted by molar-refractivity contribution is 5.70. The van der Waals surface area contributed by atoms with Crippen LogP contribution in [0.1, 0.15) is 6.42 Å². The van der Waals surface area contributed by atoms with Crippen LogP contribution in [0.4, 0.5) is 8.78 Å². The normalized spacial score (nSPS) is 23.1. The number of carboxylic acids is 1. The van der Waals surface area contributed by atoms with Crippen LogP contribution in [0.3, 0.4) is 0 Å². The Labute approximate surface area is 109 Å². The number of benzene rings is 1. The highest BCUT2D eigenvalue weighted by Gasteiger charge is 2.27. The molecule has 0 aromatic heterocycles. The van der Waals surface area contributed by atoms with Crippen molar-refractivity contribution in [1.29, 1.82) is 0 Å². The number of hydrogen-bond donors (Lipinski definition) is 2. The minimum Gasteiger partial charge on any atom is -0.487 e. The molecular weight excluding hydrogens is 256 g/mol. The lowest BCUT2D eigenvalue weighted by molar-refractivity contribution is -0.142. The van der Waals surface area contributed by atoms with Gasteiger partial charge in [-0.3, -0.25) is 4.79 Å². The minimum absolute atomic E-state index is 0.0751. The highest BCUT2D eigenvalue weighted by atomic mass is 19.1. The highest BCUT2D eigenvalue weighted by Crippen LogP contribution is 2.23. The van der Waals surface area contributed by atoms with Crippen molar-refractivity contribution >= 4 is 5.97 Å². The van der Waals surface area contributed by atoms with Crippen molar-refractivity contribution in [2.24, 2.45) is 11.8 Å². The number of nitrogens with one attached hydrogen (secondary N) is 1. The average molecular weight is 271 g/mol. The monoisotopic (exact) mass is 271 g/mol. The third kappa shape index (κ3) is 3.41. The maximum Gasteiger partial charge on any atom is 0.307 e. The molecule has 2 unspecified atom stereocenters. The van der Waals surface area contributed by atoms with Crippen LogP contribution < -0.4 is 10.1 Å². The van der Waals surface area contributed by atoms with Crippen molar-refractivity contribution in [3.63, 3.8) is 0 Å². The lowest BCUT2D eigenvalue weighted by Crippen LogP contribution is -2.41. The van der Waals surface area contributed by atoms with Gasteiger partial charge in [0.1, 0.15) is 0 Å². The van der Waals surface area contributed by atoms with Crippen LogP contribution >= 0.6 is 0 Å². The van der Waals surface area contributed by atoms with E-state index < -0.39 is 29.3 Å². The van der Waals surface area contributed by atoms with E-state index in [1.807, 2.05) is 0 Å². The third-order valence-corrected chi connectivity index (χ3v) is 3.17. The second kappa shape index (κ2) is 5.97. The van der Waals surface area contributed by atoms with Gasteiger partial charge in [-0.05, 0) is 18.6 Å². The first-order valence-electron chi connectivity index (χ1n) is 6.08. The molecule has 0 spiro atoms. The molecule has 104 valence electrons. The standard InChI is InChI=1S/C13H15F2NO3/c14-10-2-1-3-11(15)12(10)19-7-8-4-9(13(17)18)6-16-5-8/h1-3,8-9,16H,4-7H2,(H,17,18). The summed E-state index contributed by atoms with van der Waals surface area (Å²) in [7, 11) is 0. The summed E-state index contributed by atoms with van der Waals surface area (Å²) in [5.74, 6) is -3.33. The van der Waals surface area contributed by atoms with E-state index in [-0.39, 0.29) is 12.5 Å². The van der Waals surface area contributed by atoms with Gasteiger partial charge >= 0.3 is 5.97 Å². The summed E-state index contributed by atoms with van der Waals surface area (Å²) in [4.78, 5) is 10.9. The molecule has 1 aliphatic rings. The summed E-state index contributed by atoms with van der Waals surface area (Å²) < 4.78 is 31.8. The molecule has 6 heteroatoms. The molecule has 2 rings (SSSR count). The van der Waals surface area contributed by atoms with Crippen molar-refractivity contribution in [1.82, 2.24) is 5.32 Å². The van der Waals surface area contributed by atoms with Gasteiger partial charge in [0.2, 0.25) is 0 Å². The number of carboxylic acid groups (broad SMARTS) is 1. The fourth-order valence-electron chi connectivity index (χ4n) is 2.17. The zero-order valence-electron chi connectivity index (χ0n) is 10.2. The molecule has 19 heavy (non-hydrogen) atoms. The van der Waals surface area contributed by atoms with E-state index in [9.17, 15) is 13.6 Å². The van der Waals surface area contributed by atoms with Gasteiger partial charge in [0.15, 0.2) is 17.4 Å². The van der Waals surface area contributed by atoms with Gasteiger partial charge in [0.05, 0.1) is 12.5 Å². The van der Waals surface area contributed by atoms with Gasteiger partial charge in [0, 0.05) is 19.0 Å². The molecular formula is C13H15F2NO3. The first-order valence-corrected chi connectivity index (χ1v) is 6.08. The molecule has 1 aliphatic heterocycles. The predicted molar refractivity (Wildman–Crippen MR) is 64.0 cm³/mol. The Bertz CT molecular complexity index is 447. The first kappa shape index (κ1) is 13.7. The minimum atomic E-state index is -0.866. The lowest BCUT2D eigenvalue weighted by Gasteiger charge is -2.27. The lowest BCUT2D eigenvalue weighted by atomic mass is 9.91. The van der Waals surface area contributed by atoms with Crippen molar-refractivity contribution in [3.05, 3.63) is 29.8 Å². The fourth-order valence-corrected chi connectivity index (χ4v) is 2.17. The summed E-state index contributed by atoms with van der Waals surface area (Å²) in [5, 5.41) is 11.9. The Morgan fingerprint density at radius 2 is 2.05 bits per heavy atom. The summed E-state index contributed by atoms with van der Waals surface area (Å²) in [6, 6.07) is 3.51. The van der Waals surface area contributed by atoms with E-state index in [1.54, 1.807) is 0 Å². The molecule has 1 aromatic rings. The molecule has 0 radical (unpaired) electrons. The summed E-state index contributed by atoms with van der Waals surface area (Å²) in [5.41, 5.74) is 0. The molecule has 0 amide bonds. The van der Waals surface area contributed by atoms with E-state index in [4.69, 9.17) is 9.84 Å². The number of rotatable bonds is 4. The van der Waals surface area contributed by atoms with Gasteiger partial charge in [-0.15, -0.1) is 0 Å². The van der Waals surface area contributed by atoms with Crippen molar-refractivity contribution in [2.45, 2.75) is 6.42 Å². The van der Waals surface area contributed by atoms with Crippen LogP contribution in [0, 0.1) is 23.5 Å². The maximum absolute atomic E-state index is 13.3. The molecule has 0 aliphatic carbocycles. The Morgan fingerprint density at radius 1 is 1.37 bits per heavy atom. The molecule has 0 bridgehead atoms. The summed E-state index contributed by atoms with van der Waals surface area (Å²) in [6.07, 6.45) is 0.443. The zero-order chi connectivity index (χ0) is 13.8. The van der Waals surface area contributed by atoms with Crippen molar-refractivity contribution < 1.29 is 23.4 Å². The van der Waals surface area contributed by atoms with Gasteiger partial charge in [0.25, 0.3) is 0 Å². The molecule has 1 aromatic carbocycles. The van der Waals surface area contributed by atoms with Gasteiger partial charge in [-0.25, -0.2) is 8.78 Å². The fraction of sp³-hybridized carbons (Fsp3) is 0.462. The number of hydrogen-bond acceptors (Lipinski definition) is 3. The van der Waals surface area contributed by atoms with Crippen LogP contribution in [-0.4, -0.2) is 30.8 Å². The molecule has 0 saturated carbocycles. The van der Waals surface area contributed by atoms with Crippen LogP contribution in [0.5, 0.6) is 5.75 Å². The molecule has 1 heterocycles. The molecule has 4 nitrogen and oxygen atoms in total. The number of ether oxygens (including phenoxy) is 1. The van der Waals surface area contributed by atoms with Crippen molar-refractivity contribution in [2.75, 3.05) is 19.7 Å². The van der Waals surface area contributed by atoms with Gasteiger partial charge < -0.3 is 15.2 Å². The Kier molecular flexibility index (Phi) is 4.31. The summed E-state index contributed by atoms with van der Waals surface area (Å²) >= 11 is 0. The predicted octanol–water partition coefficient (Wildman–Crippen LogP) is 1.65. The van der Waals surface area contributed by atoms with Crippen LogP contribution in [0.2, 0.25) is 0 Å². The quantitative estimate of drug-likeness (QED) is 0.874. The summed E-state index contributed by atoms with van der Waals surface area (Å²) in [6.45, 7) is 1.09. The molecule has 2 N–H and O–H groups in total. The topological polar surface area (TPSA) is 58.6 Å². The van der Waals surface area contributed by atoms with Crippen LogP contribution in [-0.2, 0) is 4.79 Å². The molecule has 1 saturated heterocycles. The number of piperidine rings is 1. The number of carbonyl (C=O) groups is 1. The van der Waals surface area contributed by atoms with Crippen LogP contribution in [0.25, 0.3) is 0 Å². The van der Waals surface area contributed by atoms with Gasteiger partial charge in [-0.1, -0.05) is 6.07 Å². The Balaban J connectivity index is 1.93. The second-order valence-electron chi connectivity index (χ2n) is 4.66.